The smallest absolute Gasteiger partial charge is 0.336 e. The molecule has 0 fully saturated rings. The van der Waals surface area contributed by atoms with Gasteiger partial charge in [-0.1, -0.05) is 24.3 Å². The molecule has 0 saturated carbocycles. The summed E-state index contributed by atoms with van der Waals surface area (Å²) >= 11 is 0. The van der Waals surface area contributed by atoms with E-state index < -0.39 is 5.97 Å². The van der Waals surface area contributed by atoms with E-state index in [0.717, 1.165) is 16.7 Å². The lowest BCUT2D eigenvalue weighted by Crippen LogP contribution is -2.00. The highest BCUT2D eigenvalue weighted by Gasteiger charge is 2.12. The van der Waals surface area contributed by atoms with Crippen LogP contribution in [0.15, 0.2) is 36.4 Å². The molecule has 0 aliphatic rings. The SMILES string of the molecule is COc1ccc(/C=C(\C(=O)O)c2ccc(C)c(C)c2)cc1OC. The van der Waals surface area contributed by atoms with Crippen LogP contribution in [0.4, 0.5) is 0 Å². The Bertz CT molecular complexity index is 760. The van der Waals surface area contributed by atoms with Gasteiger partial charge in [0.05, 0.1) is 19.8 Å². The number of carbonyl (C=O) groups is 1. The summed E-state index contributed by atoms with van der Waals surface area (Å²) in [5.41, 5.74) is 3.83. The number of aliphatic carboxylic acids is 1. The van der Waals surface area contributed by atoms with Crippen LogP contribution in [0.3, 0.4) is 0 Å². The lowest BCUT2D eigenvalue weighted by molar-refractivity contribution is -0.130. The highest BCUT2D eigenvalue weighted by Crippen LogP contribution is 2.29. The quantitative estimate of drug-likeness (QED) is 0.671. The third-order valence-electron chi connectivity index (χ3n) is 3.77. The first-order valence-corrected chi connectivity index (χ1v) is 7.21. The van der Waals surface area contributed by atoms with Crippen LogP contribution in [0.5, 0.6) is 11.5 Å². The maximum absolute atomic E-state index is 11.7. The van der Waals surface area contributed by atoms with Crippen LogP contribution in [0.2, 0.25) is 0 Å². The highest BCUT2D eigenvalue weighted by atomic mass is 16.5. The Morgan fingerprint density at radius 3 is 2.22 bits per heavy atom. The van der Waals surface area contributed by atoms with E-state index in [1.54, 1.807) is 38.5 Å². The van der Waals surface area contributed by atoms with E-state index >= 15 is 0 Å². The van der Waals surface area contributed by atoms with Crippen molar-refractivity contribution in [1.29, 1.82) is 0 Å². The molecule has 0 unspecified atom stereocenters. The monoisotopic (exact) mass is 312 g/mol. The second-order valence-corrected chi connectivity index (χ2v) is 5.28. The molecule has 0 aliphatic carbocycles. The van der Waals surface area contributed by atoms with Crippen molar-refractivity contribution in [2.24, 2.45) is 0 Å². The van der Waals surface area contributed by atoms with E-state index in [4.69, 9.17) is 9.47 Å². The molecule has 0 bridgehead atoms. The standard InChI is InChI=1S/C19H20O4/c1-12-5-7-15(9-13(12)2)16(19(20)21)10-14-6-8-17(22-3)18(11-14)23-4/h5-11H,1-4H3,(H,20,21)/b16-10-. The van der Waals surface area contributed by atoms with Crippen LogP contribution in [0, 0.1) is 13.8 Å². The van der Waals surface area contributed by atoms with Crippen LogP contribution in [0.25, 0.3) is 11.6 Å². The summed E-state index contributed by atoms with van der Waals surface area (Å²) in [6, 6.07) is 10.9. The molecule has 4 heteroatoms. The molecule has 2 aromatic rings. The molecule has 0 aliphatic heterocycles. The van der Waals surface area contributed by atoms with Crippen molar-refractivity contribution in [2.45, 2.75) is 13.8 Å². The Labute approximate surface area is 136 Å². The summed E-state index contributed by atoms with van der Waals surface area (Å²) in [4.78, 5) is 11.7. The minimum absolute atomic E-state index is 0.236. The Balaban J connectivity index is 2.51. The molecule has 0 heterocycles. The predicted octanol–water partition coefficient (Wildman–Crippen LogP) is 3.95. The van der Waals surface area contributed by atoms with Crippen molar-refractivity contribution in [2.75, 3.05) is 14.2 Å². The highest BCUT2D eigenvalue weighted by molar-refractivity contribution is 6.20. The molecule has 120 valence electrons. The minimum atomic E-state index is -0.969. The van der Waals surface area contributed by atoms with Crippen molar-refractivity contribution >= 4 is 17.6 Å². The van der Waals surface area contributed by atoms with Gasteiger partial charge < -0.3 is 14.6 Å². The van der Waals surface area contributed by atoms with E-state index in [1.807, 2.05) is 32.0 Å². The van der Waals surface area contributed by atoms with Crippen molar-refractivity contribution in [3.63, 3.8) is 0 Å². The van der Waals surface area contributed by atoms with Gasteiger partial charge in [0.1, 0.15) is 0 Å². The minimum Gasteiger partial charge on any atom is -0.493 e. The number of ether oxygens (including phenoxy) is 2. The van der Waals surface area contributed by atoms with Gasteiger partial charge >= 0.3 is 5.97 Å². The lowest BCUT2D eigenvalue weighted by atomic mass is 9.98. The molecule has 0 amide bonds. The predicted molar refractivity (Wildman–Crippen MR) is 91.0 cm³/mol. The van der Waals surface area contributed by atoms with Gasteiger partial charge in [-0.05, 0) is 54.3 Å². The molecule has 0 aromatic heterocycles. The molecule has 1 N–H and O–H groups in total. The fourth-order valence-electron chi connectivity index (χ4n) is 2.29. The lowest BCUT2D eigenvalue weighted by Gasteiger charge is -2.09. The second kappa shape index (κ2) is 7.01. The van der Waals surface area contributed by atoms with E-state index in [2.05, 4.69) is 0 Å². The van der Waals surface area contributed by atoms with Crippen LogP contribution >= 0.6 is 0 Å². The molecular weight excluding hydrogens is 292 g/mol. The molecule has 0 spiro atoms. The van der Waals surface area contributed by atoms with E-state index in [1.165, 1.54) is 0 Å². The van der Waals surface area contributed by atoms with Gasteiger partial charge in [-0.3, -0.25) is 0 Å². The van der Waals surface area contributed by atoms with Gasteiger partial charge in [0.25, 0.3) is 0 Å². The number of benzene rings is 2. The zero-order valence-electron chi connectivity index (χ0n) is 13.7. The van der Waals surface area contributed by atoms with Crippen molar-refractivity contribution < 1.29 is 19.4 Å². The summed E-state index contributed by atoms with van der Waals surface area (Å²) in [6.45, 7) is 3.96. The molecule has 2 rings (SSSR count). The molecule has 0 saturated heterocycles. The van der Waals surface area contributed by atoms with Gasteiger partial charge in [-0.2, -0.15) is 0 Å². The van der Waals surface area contributed by atoms with Crippen molar-refractivity contribution in [1.82, 2.24) is 0 Å². The number of hydrogen-bond donors (Lipinski definition) is 1. The molecule has 0 atom stereocenters. The molecule has 23 heavy (non-hydrogen) atoms. The van der Waals surface area contributed by atoms with Crippen LogP contribution in [-0.4, -0.2) is 25.3 Å². The maximum atomic E-state index is 11.7. The van der Waals surface area contributed by atoms with E-state index in [-0.39, 0.29) is 5.57 Å². The molecule has 0 radical (unpaired) electrons. The summed E-state index contributed by atoms with van der Waals surface area (Å²) in [5, 5.41) is 9.55. The summed E-state index contributed by atoms with van der Waals surface area (Å²) in [5.74, 6) is 0.196. The fourth-order valence-corrected chi connectivity index (χ4v) is 2.29. The van der Waals surface area contributed by atoms with Gasteiger partial charge in [0.2, 0.25) is 0 Å². The van der Waals surface area contributed by atoms with E-state index in [9.17, 15) is 9.90 Å². The zero-order valence-corrected chi connectivity index (χ0v) is 13.7. The normalized spacial score (nSPS) is 11.2. The Morgan fingerprint density at radius 1 is 0.957 bits per heavy atom. The van der Waals surface area contributed by atoms with Crippen molar-refractivity contribution in [3.05, 3.63) is 58.7 Å². The summed E-state index contributed by atoms with van der Waals surface area (Å²) < 4.78 is 10.5. The first-order chi connectivity index (χ1) is 11.0. The maximum Gasteiger partial charge on any atom is 0.336 e. The van der Waals surface area contributed by atoms with Gasteiger partial charge in [-0.25, -0.2) is 4.79 Å². The number of aryl methyl sites for hydroxylation is 2. The second-order valence-electron chi connectivity index (χ2n) is 5.28. The van der Waals surface area contributed by atoms with Gasteiger partial charge in [0.15, 0.2) is 11.5 Å². The summed E-state index contributed by atoms with van der Waals surface area (Å²) in [6.07, 6.45) is 1.63. The average Bonchev–Trinajstić information content (AvgIpc) is 2.54. The Morgan fingerprint density at radius 2 is 1.65 bits per heavy atom. The van der Waals surface area contributed by atoms with Gasteiger partial charge in [-0.15, -0.1) is 0 Å². The number of carboxylic acid groups (broad SMARTS) is 1. The first-order valence-electron chi connectivity index (χ1n) is 7.21. The molecule has 4 nitrogen and oxygen atoms in total. The van der Waals surface area contributed by atoms with Gasteiger partial charge in [0, 0.05) is 0 Å². The fraction of sp³-hybridized carbons (Fsp3) is 0.211. The topological polar surface area (TPSA) is 55.8 Å². The van der Waals surface area contributed by atoms with Crippen LogP contribution < -0.4 is 9.47 Å². The summed E-state index contributed by atoms with van der Waals surface area (Å²) in [7, 11) is 3.11. The first kappa shape index (κ1) is 16.6. The molecular formula is C19H20O4. The van der Waals surface area contributed by atoms with Crippen LogP contribution in [0.1, 0.15) is 22.3 Å². The third-order valence-corrected chi connectivity index (χ3v) is 3.77. The Kier molecular flexibility index (Phi) is 5.06. The number of carboxylic acids is 1. The Hall–Kier alpha value is -2.75. The number of rotatable bonds is 5. The van der Waals surface area contributed by atoms with Crippen LogP contribution in [-0.2, 0) is 4.79 Å². The van der Waals surface area contributed by atoms with Crippen molar-refractivity contribution in [3.8, 4) is 11.5 Å². The molecule has 2 aromatic carbocycles. The number of hydrogen-bond acceptors (Lipinski definition) is 3. The third kappa shape index (κ3) is 3.72. The zero-order chi connectivity index (χ0) is 17.0. The largest absolute Gasteiger partial charge is 0.493 e. The van der Waals surface area contributed by atoms with E-state index in [0.29, 0.717) is 17.1 Å². The number of methoxy groups -OCH3 is 2. The average molecular weight is 312 g/mol.